The first-order valence-electron chi connectivity index (χ1n) is 6.66. The van der Waals surface area contributed by atoms with Gasteiger partial charge < -0.3 is 15.0 Å². The first-order chi connectivity index (χ1) is 8.83. The zero-order chi connectivity index (χ0) is 12.5. The molecular weight excluding hydrogens is 224 g/mol. The predicted octanol–water partition coefficient (Wildman–Crippen LogP) is 2.82. The summed E-state index contributed by atoms with van der Waals surface area (Å²) in [5.74, 6) is 1.57. The summed E-state index contributed by atoms with van der Waals surface area (Å²) in [7, 11) is 3.76. The third-order valence-corrected chi connectivity index (χ3v) is 3.97. The first kappa shape index (κ1) is 11.6. The van der Waals surface area contributed by atoms with Crippen LogP contribution in [0.3, 0.4) is 0 Å². The van der Waals surface area contributed by atoms with Crippen molar-refractivity contribution in [3.05, 3.63) is 29.5 Å². The maximum atomic E-state index is 5.35. The Kier molecular flexibility index (Phi) is 3.00. The standard InChI is InChI=1S/C15H20N2O/c1-16-9-10-4-3-5-14-15(10)12-8-11(18-2)6-7-13(12)17-14/h6-8,10,16-17H,3-5,9H2,1-2H3. The van der Waals surface area contributed by atoms with E-state index in [4.69, 9.17) is 4.74 Å². The van der Waals surface area contributed by atoms with E-state index in [9.17, 15) is 0 Å². The van der Waals surface area contributed by atoms with Crippen LogP contribution >= 0.6 is 0 Å². The number of hydrogen-bond acceptors (Lipinski definition) is 2. The van der Waals surface area contributed by atoms with Gasteiger partial charge in [-0.2, -0.15) is 0 Å². The zero-order valence-corrected chi connectivity index (χ0v) is 11.0. The van der Waals surface area contributed by atoms with Crippen molar-refractivity contribution < 1.29 is 4.74 Å². The van der Waals surface area contributed by atoms with E-state index in [-0.39, 0.29) is 0 Å². The van der Waals surface area contributed by atoms with E-state index in [2.05, 4.69) is 22.4 Å². The number of benzene rings is 1. The summed E-state index contributed by atoms with van der Waals surface area (Å²) >= 11 is 0. The summed E-state index contributed by atoms with van der Waals surface area (Å²) in [5, 5.41) is 4.65. The van der Waals surface area contributed by atoms with Crippen molar-refractivity contribution >= 4 is 10.9 Å². The van der Waals surface area contributed by atoms with Gasteiger partial charge in [-0.05, 0) is 56.0 Å². The Balaban J connectivity index is 2.15. The molecule has 2 N–H and O–H groups in total. The highest BCUT2D eigenvalue weighted by Crippen LogP contribution is 2.37. The molecule has 3 nitrogen and oxygen atoms in total. The van der Waals surface area contributed by atoms with Gasteiger partial charge in [0.1, 0.15) is 5.75 Å². The molecule has 1 unspecified atom stereocenters. The zero-order valence-electron chi connectivity index (χ0n) is 11.0. The maximum Gasteiger partial charge on any atom is 0.119 e. The summed E-state index contributed by atoms with van der Waals surface area (Å²) < 4.78 is 5.35. The molecule has 3 rings (SSSR count). The lowest BCUT2D eigenvalue weighted by molar-refractivity contribution is 0.415. The molecule has 0 fully saturated rings. The molecule has 96 valence electrons. The van der Waals surface area contributed by atoms with Crippen molar-refractivity contribution in [2.24, 2.45) is 0 Å². The van der Waals surface area contributed by atoms with Gasteiger partial charge >= 0.3 is 0 Å². The van der Waals surface area contributed by atoms with Gasteiger partial charge in [-0.3, -0.25) is 0 Å². The van der Waals surface area contributed by atoms with Crippen molar-refractivity contribution in [2.75, 3.05) is 20.7 Å². The van der Waals surface area contributed by atoms with E-state index >= 15 is 0 Å². The minimum atomic E-state index is 0.625. The SMILES string of the molecule is CNCC1CCCc2[nH]c3ccc(OC)cc3c21. The molecule has 0 amide bonds. The van der Waals surface area contributed by atoms with Crippen LogP contribution in [0.25, 0.3) is 10.9 Å². The fourth-order valence-electron chi connectivity index (χ4n) is 3.16. The summed E-state index contributed by atoms with van der Waals surface area (Å²) in [5.41, 5.74) is 4.16. The molecule has 1 aliphatic carbocycles. The third kappa shape index (κ3) is 1.79. The fraction of sp³-hybridized carbons (Fsp3) is 0.467. The van der Waals surface area contributed by atoms with E-state index < -0.39 is 0 Å². The highest BCUT2D eigenvalue weighted by atomic mass is 16.5. The van der Waals surface area contributed by atoms with Crippen molar-refractivity contribution in [1.29, 1.82) is 0 Å². The second-order valence-corrected chi connectivity index (χ2v) is 5.08. The molecule has 2 aromatic rings. The second-order valence-electron chi connectivity index (χ2n) is 5.08. The predicted molar refractivity (Wildman–Crippen MR) is 74.5 cm³/mol. The Morgan fingerprint density at radius 1 is 1.44 bits per heavy atom. The summed E-state index contributed by atoms with van der Waals surface area (Å²) in [4.78, 5) is 3.57. The number of aryl methyl sites for hydroxylation is 1. The lowest BCUT2D eigenvalue weighted by atomic mass is 9.85. The van der Waals surface area contributed by atoms with Crippen LogP contribution in [0.5, 0.6) is 5.75 Å². The summed E-state index contributed by atoms with van der Waals surface area (Å²) in [6.45, 7) is 1.05. The van der Waals surface area contributed by atoms with Crippen LogP contribution in [0.2, 0.25) is 0 Å². The Labute approximate surface area is 108 Å². The number of hydrogen-bond donors (Lipinski definition) is 2. The minimum absolute atomic E-state index is 0.625. The molecule has 3 heteroatoms. The molecule has 0 saturated heterocycles. The van der Waals surface area contributed by atoms with Gasteiger partial charge in [0.05, 0.1) is 7.11 Å². The number of likely N-dealkylation sites (N-methyl/N-ethyl adjacent to an activating group) is 1. The molecule has 1 atom stereocenters. The summed E-state index contributed by atoms with van der Waals surface area (Å²) in [6.07, 6.45) is 3.73. The van der Waals surface area contributed by atoms with Crippen LogP contribution < -0.4 is 10.1 Å². The van der Waals surface area contributed by atoms with Crippen LogP contribution in [-0.2, 0) is 6.42 Å². The van der Waals surface area contributed by atoms with Gasteiger partial charge in [0.15, 0.2) is 0 Å². The fourth-order valence-corrected chi connectivity index (χ4v) is 3.16. The number of aromatic nitrogens is 1. The van der Waals surface area contributed by atoms with Crippen LogP contribution in [-0.4, -0.2) is 25.7 Å². The van der Waals surface area contributed by atoms with E-state index in [1.807, 2.05) is 13.1 Å². The summed E-state index contributed by atoms with van der Waals surface area (Å²) in [6, 6.07) is 6.32. The third-order valence-electron chi connectivity index (χ3n) is 3.97. The van der Waals surface area contributed by atoms with E-state index in [1.165, 1.54) is 41.4 Å². The number of rotatable bonds is 3. The molecule has 1 aromatic carbocycles. The van der Waals surface area contributed by atoms with Gasteiger partial charge in [0.2, 0.25) is 0 Å². The van der Waals surface area contributed by atoms with Crippen LogP contribution in [0.15, 0.2) is 18.2 Å². The van der Waals surface area contributed by atoms with Crippen molar-refractivity contribution in [2.45, 2.75) is 25.2 Å². The molecule has 1 aliphatic rings. The molecule has 0 bridgehead atoms. The first-order valence-corrected chi connectivity index (χ1v) is 6.66. The number of ether oxygens (including phenoxy) is 1. The molecular formula is C15H20N2O. The monoisotopic (exact) mass is 244 g/mol. The quantitative estimate of drug-likeness (QED) is 0.871. The van der Waals surface area contributed by atoms with Gasteiger partial charge in [-0.1, -0.05) is 0 Å². The highest BCUT2D eigenvalue weighted by Gasteiger charge is 2.24. The largest absolute Gasteiger partial charge is 0.497 e. The van der Waals surface area contributed by atoms with Crippen molar-refractivity contribution in [3.63, 3.8) is 0 Å². The van der Waals surface area contributed by atoms with Crippen LogP contribution in [0.1, 0.15) is 30.0 Å². The number of nitrogens with one attached hydrogen (secondary N) is 2. The van der Waals surface area contributed by atoms with Crippen LogP contribution in [0.4, 0.5) is 0 Å². The topological polar surface area (TPSA) is 37.0 Å². The smallest absolute Gasteiger partial charge is 0.119 e. The molecule has 0 spiro atoms. The van der Waals surface area contributed by atoms with Crippen molar-refractivity contribution in [1.82, 2.24) is 10.3 Å². The second kappa shape index (κ2) is 4.65. The molecule has 0 saturated carbocycles. The van der Waals surface area contributed by atoms with Crippen LogP contribution in [0, 0.1) is 0 Å². The molecule has 0 aliphatic heterocycles. The number of methoxy groups -OCH3 is 1. The Morgan fingerprint density at radius 2 is 2.33 bits per heavy atom. The maximum absolute atomic E-state index is 5.35. The normalized spacial score (nSPS) is 18.9. The van der Waals surface area contributed by atoms with Gasteiger partial charge in [-0.25, -0.2) is 0 Å². The molecule has 1 aromatic heterocycles. The lowest BCUT2D eigenvalue weighted by Gasteiger charge is -2.22. The minimum Gasteiger partial charge on any atom is -0.497 e. The van der Waals surface area contributed by atoms with E-state index in [0.29, 0.717) is 5.92 Å². The Hall–Kier alpha value is -1.48. The number of fused-ring (bicyclic) bond motifs is 3. The number of H-pyrrole nitrogens is 1. The number of aromatic amines is 1. The lowest BCUT2D eigenvalue weighted by Crippen LogP contribution is -2.20. The van der Waals surface area contributed by atoms with E-state index in [1.54, 1.807) is 7.11 Å². The van der Waals surface area contributed by atoms with Crippen molar-refractivity contribution in [3.8, 4) is 5.75 Å². The van der Waals surface area contributed by atoms with Gasteiger partial charge in [0.25, 0.3) is 0 Å². The molecule has 18 heavy (non-hydrogen) atoms. The molecule has 1 heterocycles. The Bertz CT molecular complexity index is 559. The molecule has 0 radical (unpaired) electrons. The average Bonchev–Trinajstić information content (AvgIpc) is 2.77. The van der Waals surface area contributed by atoms with E-state index in [0.717, 1.165) is 12.3 Å². The highest BCUT2D eigenvalue weighted by molar-refractivity contribution is 5.87. The average molecular weight is 244 g/mol. The van der Waals surface area contributed by atoms with Gasteiger partial charge in [0, 0.05) is 23.1 Å². The Morgan fingerprint density at radius 3 is 3.11 bits per heavy atom. The van der Waals surface area contributed by atoms with Gasteiger partial charge in [-0.15, -0.1) is 0 Å².